The Bertz CT molecular complexity index is 460. The number of hydrogen-bond acceptors (Lipinski definition) is 3. The monoisotopic (exact) mass is 221 g/mol. The molecule has 16 heavy (non-hydrogen) atoms. The second-order valence-corrected chi connectivity index (χ2v) is 4.36. The lowest BCUT2D eigenvalue weighted by Crippen LogP contribution is -2.19. The zero-order valence-electron chi connectivity index (χ0n) is 9.45. The van der Waals surface area contributed by atoms with E-state index < -0.39 is 5.97 Å². The fraction of sp³-hybridized carbons (Fsp3) is 0.500. The Morgan fingerprint density at radius 2 is 2.19 bits per heavy atom. The summed E-state index contributed by atoms with van der Waals surface area (Å²) in [4.78, 5) is 25.5. The van der Waals surface area contributed by atoms with Crippen LogP contribution in [-0.4, -0.2) is 17.1 Å². The molecule has 0 amide bonds. The van der Waals surface area contributed by atoms with Crippen LogP contribution in [-0.2, 0) is 4.74 Å². The van der Waals surface area contributed by atoms with Crippen molar-refractivity contribution in [1.29, 1.82) is 0 Å². The van der Waals surface area contributed by atoms with Gasteiger partial charge in [-0.05, 0) is 38.7 Å². The lowest BCUT2D eigenvalue weighted by Gasteiger charge is -2.11. The number of nitrogens with one attached hydrogen (secondary N) is 1. The van der Waals surface area contributed by atoms with Crippen LogP contribution in [0.2, 0.25) is 0 Å². The fourth-order valence-electron chi connectivity index (χ4n) is 1.70. The predicted molar refractivity (Wildman–Crippen MR) is 59.4 cm³/mol. The lowest BCUT2D eigenvalue weighted by molar-refractivity contribution is 0.0294. The van der Waals surface area contributed by atoms with Gasteiger partial charge in [0.1, 0.15) is 6.10 Å². The number of ether oxygens (including phenoxy) is 1. The molecule has 0 aromatic carbocycles. The highest BCUT2D eigenvalue weighted by atomic mass is 16.5. The van der Waals surface area contributed by atoms with Crippen molar-refractivity contribution in [3.8, 4) is 0 Å². The summed E-state index contributed by atoms with van der Waals surface area (Å²) in [6.07, 6.45) is 2.21. The number of carbonyl (C=O) groups is 1. The van der Waals surface area contributed by atoms with E-state index in [1.807, 2.05) is 6.92 Å². The molecule has 1 aliphatic rings. The number of aryl methyl sites for hydroxylation is 1. The average molecular weight is 221 g/mol. The van der Waals surface area contributed by atoms with Crippen molar-refractivity contribution in [2.75, 3.05) is 0 Å². The molecule has 1 aliphatic carbocycles. The molecule has 1 saturated carbocycles. The van der Waals surface area contributed by atoms with Gasteiger partial charge in [0.25, 0.3) is 0 Å². The number of aromatic amines is 1. The van der Waals surface area contributed by atoms with E-state index in [1.165, 1.54) is 6.07 Å². The van der Waals surface area contributed by atoms with Crippen molar-refractivity contribution in [1.82, 2.24) is 4.98 Å². The van der Waals surface area contributed by atoms with E-state index in [9.17, 15) is 9.59 Å². The van der Waals surface area contributed by atoms with Gasteiger partial charge in [0.05, 0.1) is 5.56 Å². The highest BCUT2D eigenvalue weighted by molar-refractivity contribution is 5.89. The van der Waals surface area contributed by atoms with Crippen LogP contribution in [0, 0.1) is 12.8 Å². The summed E-state index contributed by atoms with van der Waals surface area (Å²) >= 11 is 0. The third-order valence-corrected chi connectivity index (χ3v) is 2.79. The quantitative estimate of drug-likeness (QED) is 0.789. The summed E-state index contributed by atoms with van der Waals surface area (Å²) in [7, 11) is 0. The molecular formula is C12H15NO3. The number of H-pyrrole nitrogens is 1. The number of carbonyl (C=O) groups excluding carboxylic acids is 1. The van der Waals surface area contributed by atoms with Gasteiger partial charge in [-0.1, -0.05) is 0 Å². The van der Waals surface area contributed by atoms with Gasteiger partial charge in [0, 0.05) is 11.8 Å². The van der Waals surface area contributed by atoms with Crippen LogP contribution in [0.15, 0.2) is 16.9 Å². The molecule has 0 aliphatic heterocycles. The van der Waals surface area contributed by atoms with Crippen molar-refractivity contribution in [2.45, 2.75) is 32.8 Å². The molecule has 0 spiro atoms. The number of pyridine rings is 1. The Kier molecular flexibility index (Phi) is 2.81. The highest BCUT2D eigenvalue weighted by Crippen LogP contribution is 2.34. The summed E-state index contributed by atoms with van der Waals surface area (Å²) < 4.78 is 5.28. The Labute approximate surface area is 93.6 Å². The first kappa shape index (κ1) is 10.9. The molecule has 1 aromatic rings. The number of esters is 1. The van der Waals surface area contributed by atoms with Crippen LogP contribution in [0.5, 0.6) is 0 Å². The largest absolute Gasteiger partial charge is 0.459 e. The SMILES string of the molecule is Cc1cc(C(=O)O[C@H](C)C2CC2)cc(=O)[nH]1. The van der Waals surface area contributed by atoms with Gasteiger partial charge in [0.15, 0.2) is 0 Å². The van der Waals surface area contributed by atoms with E-state index in [0.717, 1.165) is 12.8 Å². The third kappa shape index (κ3) is 2.51. The van der Waals surface area contributed by atoms with Crippen molar-refractivity contribution >= 4 is 5.97 Å². The molecule has 1 atom stereocenters. The zero-order chi connectivity index (χ0) is 11.7. The molecule has 86 valence electrons. The topological polar surface area (TPSA) is 59.2 Å². The lowest BCUT2D eigenvalue weighted by atomic mass is 10.2. The summed E-state index contributed by atoms with van der Waals surface area (Å²) in [6, 6.07) is 2.90. The maximum absolute atomic E-state index is 11.7. The van der Waals surface area contributed by atoms with E-state index in [-0.39, 0.29) is 11.7 Å². The van der Waals surface area contributed by atoms with Crippen molar-refractivity contribution in [2.24, 2.45) is 5.92 Å². The van der Waals surface area contributed by atoms with Crippen LogP contribution in [0.3, 0.4) is 0 Å². The highest BCUT2D eigenvalue weighted by Gasteiger charge is 2.30. The minimum atomic E-state index is -0.409. The second-order valence-electron chi connectivity index (χ2n) is 4.36. The molecule has 1 N–H and O–H groups in total. The summed E-state index contributed by atoms with van der Waals surface area (Å²) in [6.45, 7) is 3.64. The summed E-state index contributed by atoms with van der Waals surface area (Å²) in [5, 5.41) is 0. The molecule has 0 radical (unpaired) electrons. The van der Waals surface area contributed by atoms with Crippen LogP contribution in [0.1, 0.15) is 35.8 Å². The number of rotatable bonds is 3. The first-order chi connectivity index (χ1) is 7.56. The van der Waals surface area contributed by atoms with Crippen molar-refractivity contribution in [3.63, 3.8) is 0 Å². The predicted octanol–water partition coefficient (Wildman–Crippen LogP) is 1.64. The van der Waals surface area contributed by atoms with Crippen molar-refractivity contribution < 1.29 is 9.53 Å². The smallest absolute Gasteiger partial charge is 0.338 e. The minimum absolute atomic E-state index is 0.0490. The van der Waals surface area contributed by atoms with E-state index in [1.54, 1.807) is 13.0 Å². The van der Waals surface area contributed by atoms with Gasteiger partial charge in [-0.25, -0.2) is 4.79 Å². The van der Waals surface area contributed by atoms with Crippen molar-refractivity contribution in [3.05, 3.63) is 33.7 Å². The third-order valence-electron chi connectivity index (χ3n) is 2.79. The van der Waals surface area contributed by atoms with E-state index >= 15 is 0 Å². The van der Waals surface area contributed by atoms with Gasteiger partial charge >= 0.3 is 5.97 Å². The first-order valence-corrected chi connectivity index (χ1v) is 5.48. The Hall–Kier alpha value is -1.58. The molecule has 1 fully saturated rings. The van der Waals surface area contributed by atoms with E-state index in [4.69, 9.17) is 4.74 Å². The number of aromatic nitrogens is 1. The molecule has 1 aromatic heterocycles. The second kappa shape index (κ2) is 4.12. The minimum Gasteiger partial charge on any atom is -0.459 e. The molecule has 0 unspecified atom stereocenters. The van der Waals surface area contributed by atoms with Crippen LogP contribution in [0.4, 0.5) is 0 Å². The maximum Gasteiger partial charge on any atom is 0.338 e. The Balaban J connectivity index is 2.10. The summed E-state index contributed by atoms with van der Waals surface area (Å²) in [5.74, 6) is 0.0978. The zero-order valence-corrected chi connectivity index (χ0v) is 9.45. The van der Waals surface area contributed by atoms with Gasteiger partial charge < -0.3 is 9.72 Å². The average Bonchev–Trinajstić information content (AvgIpc) is 2.98. The standard InChI is InChI=1S/C12H15NO3/c1-7-5-10(6-11(14)13-7)12(15)16-8(2)9-3-4-9/h5-6,8-9H,3-4H2,1-2H3,(H,13,14)/t8-/m1/s1. The fourth-order valence-corrected chi connectivity index (χ4v) is 1.70. The molecule has 4 heteroatoms. The molecule has 1 heterocycles. The Morgan fingerprint density at radius 3 is 2.75 bits per heavy atom. The van der Waals surface area contributed by atoms with Gasteiger partial charge in [0.2, 0.25) is 5.56 Å². The van der Waals surface area contributed by atoms with E-state index in [0.29, 0.717) is 17.2 Å². The van der Waals surface area contributed by atoms with Crippen LogP contribution in [0.25, 0.3) is 0 Å². The normalized spacial score (nSPS) is 16.9. The Morgan fingerprint density at radius 1 is 1.50 bits per heavy atom. The molecule has 0 saturated heterocycles. The maximum atomic E-state index is 11.7. The van der Waals surface area contributed by atoms with Gasteiger partial charge in [-0.2, -0.15) is 0 Å². The van der Waals surface area contributed by atoms with Crippen LogP contribution < -0.4 is 5.56 Å². The molecule has 2 rings (SSSR count). The summed E-state index contributed by atoms with van der Waals surface area (Å²) in [5.41, 5.74) is 0.721. The van der Waals surface area contributed by atoms with Gasteiger partial charge in [-0.3, -0.25) is 4.79 Å². The number of hydrogen-bond donors (Lipinski definition) is 1. The molecule has 4 nitrogen and oxygen atoms in total. The first-order valence-electron chi connectivity index (χ1n) is 5.48. The van der Waals surface area contributed by atoms with E-state index in [2.05, 4.69) is 4.98 Å². The van der Waals surface area contributed by atoms with Crippen LogP contribution >= 0.6 is 0 Å². The molecule has 0 bridgehead atoms. The molecular weight excluding hydrogens is 206 g/mol. The van der Waals surface area contributed by atoms with Gasteiger partial charge in [-0.15, -0.1) is 0 Å².